The number of unbranched alkanes of at least 4 members (excludes halogenated alkanes) is 4. The standard InChI is InChI=1S/C40H47N5O12S2/c41-30-18-16-28-35(26-13-6-7-14-27(26)40(49)50)29-17-19-31(42)39(59(53,54)55)37(29)56-36(28)38(30)58(51,52)44(24-10-2-8-22-43-25-11-4-5-12-25)23-9-1-3-15-34(48)57-45-32(46)20-21-33(45)47/h6-7,13-14,16-19,25,41,43H,1-5,8-12,15,20-24,42H2,(H,49,50)(H,53,54,55). The SMILES string of the molecule is N=c1ccc2c(-c3ccccc3C(=O)O)c3ccc(N)c(S(=O)(=O)O)c3oc-2c1S(=O)(=O)N(CCCCCNC1CCCC1)CCCCCC(=O)ON1C(=O)CCC1=O. The molecule has 6 rings (SSSR count). The second-order valence-corrected chi connectivity index (χ2v) is 18.0. The highest BCUT2D eigenvalue weighted by atomic mass is 32.2. The zero-order valence-electron chi connectivity index (χ0n) is 32.3. The molecule has 2 aromatic carbocycles. The summed E-state index contributed by atoms with van der Waals surface area (Å²) in [5, 5.41) is 22.6. The number of hydrogen-bond donors (Lipinski definition) is 5. The molecular weight excluding hydrogens is 807 g/mol. The first-order valence-electron chi connectivity index (χ1n) is 19.6. The number of nitrogen functional groups attached to an aromatic ring is 1. The second-order valence-electron chi connectivity index (χ2n) is 14.7. The van der Waals surface area contributed by atoms with Gasteiger partial charge in [0, 0.05) is 54.9 Å². The summed E-state index contributed by atoms with van der Waals surface area (Å²) < 4.78 is 73.0. The Bertz CT molecular complexity index is 2500. The molecule has 2 heterocycles. The molecule has 1 saturated carbocycles. The Hall–Kier alpha value is -5.21. The van der Waals surface area contributed by atoms with Crippen molar-refractivity contribution in [3.63, 3.8) is 0 Å². The smallest absolute Gasteiger partial charge is 0.336 e. The van der Waals surface area contributed by atoms with E-state index in [9.17, 15) is 45.7 Å². The van der Waals surface area contributed by atoms with Gasteiger partial charge in [0.05, 0.1) is 16.6 Å². The molecule has 4 aliphatic rings. The Kier molecular flexibility index (Phi) is 13.5. The number of imide groups is 1. The molecule has 0 aromatic heterocycles. The molecule has 59 heavy (non-hydrogen) atoms. The number of carboxylic acid groups (broad SMARTS) is 1. The predicted octanol–water partition coefficient (Wildman–Crippen LogP) is 5.07. The van der Waals surface area contributed by atoms with E-state index in [1.54, 1.807) is 6.07 Å². The number of nitrogens with two attached hydrogens (primary N) is 1. The number of benzene rings is 3. The maximum absolute atomic E-state index is 14.9. The fourth-order valence-electron chi connectivity index (χ4n) is 7.73. The molecule has 0 bridgehead atoms. The molecule has 6 N–H and O–H groups in total. The number of aromatic carboxylic acids is 1. The minimum Gasteiger partial charge on any atom is -0.478 e. The van der Waals surface area contributed by atoms with Crippen LogP contribution in [0, 0.1) is 5.41 Å². The van der Waals surface area contributed by atoms with E-state index in [4.69, 9.17) is 20.4 Å². The number of fused-ring (bicyclic) bond motifs is 2. The van der Waals surface area contributed by atoms with Crippen molar-refractivity contribution in [1.82, 2.24) is 14.7 Å². The molecule has 2 aliphatic heterocycles. The molecule has 316 valence electrons. The number of carbonyl (C=O) groups is 4. The number of hydroxylamine groups is 2. The Morgan fingerprint density at radius 2 is 1.54 bits per heavy atom. The Labute approximate surface area is 341 Å². The van der Waals surface area contributed by atoms with Gasteiger partial charge in [0.2, 0.25) is 10.0 Å². The van der Waals surface area contributed by atoms with Gasteiger partial charge in [-0.1, -0.05) is 43.9 Å². The lowest BCUT2D eigenvalue weighted by atomic mass is 9.90. The molecule has 0 unspecified atom stereocenters. The van der Waals surface area contributed by atoms with Gasteiger partial charge in [-0.25, -0.2) is 18.0 Å². The number of anilines is 1. The van der Waals surface area contributed by atoms with E-state index in [-0.39, 0.29) is 72.8 Å². The largest absolute Gasteiger partial charge is 0.478 e. The first-order chi connectivity index (χ1) is 28.1. The monoisotopic (exact) mass is 853 g/mol. The fraction of sp³-hybridized carbons (Fsp3) is 0.425. The molecule has 17 nitrogen and oxygen atoms in total. The minimum absolute atomic E-state index is 0.00848. The third kappa shape index (κ3) is 9.65. The number of carboxylic acids is 1. The van der Waals surface area contributed by atoms with Crippen LogP contribution in [0.1, 0.15) is 93.8 Å². The molecule has 2 fully saturated rings. The molecule has 0 atom stereocenters. The van der Waals surface area contributed by atoms with E-state index in [1.165, 1.54) is 59.6 Å². The van der Waals surface area contributed by atoms with Crippen LogP contribution in [0.4, 0.5) is 5.69 Å². The molecule has 0 spiro atoms. The van der Waals surface area contributed by atoms with Crippen molar-refractivity contribution in [1.29, 1.82) is 5.41 Å². The predicted molar refractivity (Wildman–Crippen MR) is 214 cm³/mol. The number of sulfonamides is 1. The average molecular weight is 854 g/mol. The van der Waals surface area contributed by atoms with E-state index in [0.717, 1.165) is 25.8 Å². The maximum Gasteiger partial charge on any atom is 0.336 e. The van der Waals surface area contributed by atoms with Gasteiger partial charge in [0.15, 0.2) is 21.1 Å². The van der Waals surface area contributed by atoms with Gasteiger partial charge >= 0.3 is 11.9 Å². The highest BCUT2D eigenvalue weighted by Crippen LogP contribution is 2.46. The van der Waals surface area contributed by atoms with Crippen LogP contribution in [0.25, 0.3) is 33.4 Å². The molecule has 0 radical (unpaired) electrons. The van der Waals surface area contributed by atoms with Crippen molar-refractivity contribution in [2.75, 3.05) is 25.4 Å². The Balaban J connectivity index is 1.35. The van der Waals surface area contributed by atoms with Crippen molar-refractivity contribution in [3.8, 4) is 22.5 Å². The summed E-state index contributed by atoms with van der Waals surface area (Å²) in [6, 6.07) is 11.5. The van der Waals surface area contributed by atoms with E-state index >= 15 is 0 Å². The van der Waals surface area contributed by atoms with Gasteiger partial charge in [0.25, 0.3) is 21.9 Å². The summed E-state index contributed by atoms with van der Waals surface area (Å²) in [6.45, 7) is 0.755. The summed E-state index contributed by atoms with van der Waals surface area (Å²) in [4.78, 5) is 52.0. The van der Waals surface area contributed by atoms with Crippen LogP contribution >= 0.6 is 0 Å². The number of rotatable bonds is 19. The lowest BCUT2D eigenvalue weighted by Crippen LogP contribution is -2.36. The fourth-order valence-corrected chi connectivity index (χ4v) is 10.2. The topological polar surface area (TPSA) is 268 Å². The zero-order chi connectivity index (χ0) is 42.5. The van der Waals surface area contributed by atoms with Crippen LogP contribution in [-0.4, -0.2) is 85.3 Å². The number of hydrogen-bond acceptors (Lipinski definition) is 13. The minimum atomic E-state index is -5.11. The lowest BCUT2D eigenvalue weighted by molar-refractivity contribution is -0.197. The molecule has 2 aromatic rings. The van der Waals surface area contributed by atoms with Gasteiger partial charge in [-0.05, 0) is 81.0 Å². The number of carbonyl (C=O) groups excluding carboxylic acids is 3. The third-order valence-electron chi connectivity index (χ3n) is 10.6. The van der Waals surface area contributed by atoms with E-state index < -0.39 is 76.1 Å². The summed E-state index contributed by atoms with van der Waals surface area (Å²) in [5.74, 6) is -3.75. The summed E-state index contributed by atoms with van der Waals surface area (Å²) >= 11 is 0. The van der Waals surface area contributed by atoms with Gasteiger partial charge in [-0.15, -0.1) is 5.06 Å². The number of amides is 2. The van der Waals surface area contributed by atoms with Crippen LogP contribution < -0.4 is 16.4 Å². The normalized spacial score (nSPS) is 15.3. The van der Waals surface area contributed by atoms with Crippen molar-refractivity contribution in [2.45, 2.75) is 99.3 Å². The van der Waals surface area contributed by atoms with Crippen molar-refractivity contribution < 1.29 is 54.9 Å². The number of nitrogens with one attached hydrogen (secondary N) is 2. The highest BCUT2D eigenvalue weighted by molar-refractivity contribution is 7.89. The van der Waals surface area contributed by atoms with Crippen molar-refractivity contribution in [3.05, 3.63) is 59.5 Å². The van der Waals surface area contributed by atoms with Gasteiger partial charge in [-0.2, -0.15) is 12.7 Å². The summed E-state index contributed by atoms with van der Waals surface area (Å²) in [6.07, 6.45) is 7.20. The highest BCUT2D eigenvalue weighted by Gasteiger charge is 2.36. The third-order valence-corrected chi connectivity index (χ3v) is 13.5. The van der Waals surface area contributed by atoms with E-state index in [1.807, 2.05) is 0 Å². The molecular formula is C40H47N5O12S2. The molecule has 2 aliphatic carbocycles. The van der Waals surface area contributed by atoms with Crippen LogP contribution in [0.15, 0.2) is 62.7 Å². The number of nitrogens with zero attached hydrogens (tertiary/aromatic N) is 2. The van der Waals surface area contributed by atoms with Crippen LogP contribution in [0.5, 0.6) is 0 Å². The Morgan fingerprint density at radius 3 is 2.20 bits per heavy atom. The zero-order valence-corrected chi connectivity index (χ0v) is 33.9. The molecule has 1 saturated heterocycles. The lowest BCUT2D eigenvalue weighted by Gasteiger charge is -2.25. The van der Waals surface area contributed by atoms with Gasteiger partial charge in [-0.3, -0.25) is 19.6 Å². The molecule has 19 heteroatoms. The van der Waals surface area contributed by atoms with Crippen molar-refractivity contribution in [2.24, 2.45) is 0 Å². The molecule has 2 amide bonds. The summed E-state index contributed by atoms with van der Waals surface area (Å²) in [5.41, 5.74) is 5.10. The van der Waals surface area contributed by atoms with Crippen molar-refractivity contribution >= 4 is 60.6 Å². The quantitative estimate of drug-likeness (QED) is 0.0271. The average Bonchev–Trinajstić information content (AvgIpc) is 3.82. The van der Waals surface area contributed by atoms with E-state index in [0.29, 0.717) is 30.4 Å². The van der Waals surface area contributed by atoms with Gasteiger partial charge in [0.1, 0.15) is 0 Å². The van der Waals surface area contributed by atoms with Crippen LogP contribution in [0.3, 0.4) is 0 Å². The summed E-state index contributed by atoms with van der Waals surface area (Å²) in [7, 11) is -9.75. The first kappa shape index (κ1) is 43.4. The van der Waals surface area contributed by atoms with Gasteiger partial charge < -0.3 is 25.4 Å². The maximum atomic E-state index is 14.9. The second kappa shape index (κ2) is 18.4. The van der Waals surface area contributed by atoms with Crippen LogP contribution in [-0.2, 0) is 39.4 Å². The van der Waals surface area contributed by atoms with E-state index in [2.05, 4.69) is 5.32 Å². The first-order valence-corrected chi connectivity index (χ1v) is 22.4. The Morgan fingerprint density at radius 1 is 0.881 bits per heavy atom. The van der Waals surface area contributed by atoms with Crippen LogP contribution in [0.2, 0.25) is 0 Å².